The summed E-state index contributed by atoms with van der Waals surface area (Å²) in [5.41, 5.74) is 3.90. The number of hydrogen-bond donors (Lipinski definition) is 2. The molecule has 0 unspecified atom stereocenters. The molecule has 0 aliphatic carbocycles. The number of nitrogens with one attached hydrogen (secondary N) is 2. The van der Waals surface area contributed by atoms with Crippen molar-refractivity contribution < 1.29 is 4.74 Å². The summed E-state index contributed by atoms with van der Waals surface area (Å²) in [5.74, 6) is 1.04. The summed E-state index contributed by atoms with van der Waals surface area (Å²) < 4.78 is 5.76. The summed E-state index contributed by atoms with van der Waals surface area (Å²) >= 11 is 0. The number of ether oxygens (including phenoxy) is 1. The number of fused-ring (bicyclic) bond motifs is 1. The van der Waals surface area contributed by atoms with E-state index in [4.69, 9.17) is 9.73 Å². The zero-order chi connectivity index (χ0) is 18.4. The summed E-state index contributed by atoms with van der Waals surface area (Å²) in [6.07, 6.45) is 5.66. The molecule has 2 heterocycles. The molecule has 1 aromatic carbocycles. The normalized spacial score (nSPS) is 15.8. The van der Waals surface area contributed by atoms with Crippen LogP contribution in [0.3, 0.4) is 0 Å². The number of aromatic nitrogens is 1. The number of halogens is 1. The predicted molar refractivity (Wildman–Crippen MR) is 124 cm³/mol. The first kappa shape index (κ1) is 22.0. The molecular formula is C21H33IN4O. The highest BCUT2D eigenvalue weighted by Crippen LogP contribution is 2.22. The van der Waals surface area contributed by atoms with Crippen LogP contribution in [0.1, 0.15) is 37.8 Å². The monoisotopic (exact) mass is 484 g/mol. The van der Waals surface area contributed by atoms with Crippen LogP contribution in [-0.4, -0.2) is 54.7 Å². The van der Waals surface area contributed by atoms with Crippen molar-refractivity contribution in [1.29, 1.82) is 0 Å². The first-order valence-electron chi connectivity index (χ1n) is 9.93. The van der Waals surface area contributed by atoms with Crippen molar-refractivity contribution in [3.05, 3.63) is 35.5 Å². The zero-order valence-corrected chi connectivity index (χ0v) is 19.1. The van der Waals surface area contributed by atoms with Gasteiger partial charge in [-0.3, -0.25) is 4.99 Å². The molecule has 0 radical (unpaired) electrons. The average Bonchev–Trinajstić information content (AvgIpc) is 3.07. The highest BCUT2D eigenvalue weighted by molar-refractivity contribution is 14.0. The van der Waals surface area contributed by atoms with Gasteiger partial charge in [-0.25, -0.2) is 0 Å². The number of aromatic amines is 1. The Hall–Kier alpha value is -1.28. The summed E-state index contributed by atoms with van der Waals surface area (Å²) in [6.45, 7) is 10.9. The average molecular weight is 484 g/mol. The summed E-state index contributed by atoms with van der Waals surface area (Å²) in [7, 11) is 0. The maximum Gasteiger partial charge on any atom is 0.193 e. The number of benzene rings is 1. The van der Waals surface area contributed by atoms with E-state index >= 15 is 0 Å². The fraction of sp³-hybridized carbons (Fsp3) is 0.571. The topological polar surface area (TPSA) is 52.7 Å². The smallest absolute Gasteiger partial charge is 0.193 e. The lowest BCUT2D eigenvalue weighted by Crippen LogP contribution is -2.47. The Balaban J connectivity index is 0.00000261. The van der Waals surface area contributed by atoms with Crippen LogP contribution in [0.25, 0.3) is 10.9 Å². The van der Waals surface area contributed by atoms with E-state index in [1.165, 1.54) is 22.0 Å². The third-order valence-electron chi connectivity index (χ3n) is 5.12. The van der Waals surface area contributed by atoms with Crippen molar-refractivity contribution in [1.82, 2.24) is 15.2 Å². The minimum atomic E-state index is 0. The Bertz CT molecular complexity index is 735. The Kier molecular flexibility index (Phi) is 8.89. The van der Waals surface area contributed by atoms with Crippen LogP contribution < -0.4 is 5.32 Å². The number of hydrogen-bond acceptors (Lipinski definition) is 2. The maximum atomic E-state index is 5.76. The van der Waals surface area contributed by atoms with Crippen LogP contribution >= 0.6 is 24.0 Å². The second-order valence-corrected chi connectivity index (χ2v) is 6.94. The SMILES string of the molecule is CCNC(=NCCc1c[nH]c2cccc(C)c12)N1CCC(OCC)CC1.I. The van der Waals surface area contributed by atoms with Gasteiger partial charge in [-0.2, -0.15) is 0 Å². The molecule has 1 aliphatic rings. The first-order chi connectivity index (χ1) is 12.7. The molecule has 1 aromatic heterocycles. The molecule has 1 fully saturated rings. The molecule has 2 N–H and O–H groups in total. The van der Waals surface area contributed by atoms with Gasteiger partial charge < -0.3 is 19.9 Å². The third-order valence-corrected chi connectivity index (χ3v) is 5.12. The van der Waals surface area contributed by atoms with Gasteiger partial charge in [0.15, 0.2) is 5.96 Å². The second kappa shape index (κ2) is 10.9. The molecule has 27 heavy (non-hydrogen) atoms. The fourth-order valence-electron chi connectivity index (χ4n) is 3.83. The second-order valence-electron chi connectivity index (χ2n) is 6.94. The molecule has 1 aliphatic heterocycles. The molecule has 5 nitrogen and oxygen atoms in total. The van der Waals surface area contributed by atoms with Gasteiger partial charge in [-0.15, -0.1) is 24.0 Å². The molecular weight excluding hydrogens is 451 g/mol. The molecule has 1 saturated heterocycles. The Morgan fingerprint density at radius 3 is 2.78 bits per heavy atom. The van der Waals surface area contributed by atoms with Gasteiger partial charge in [0.05, 0.1) is 6.10 Å². The van der Waals surface area contributed by atoms with Crippen molar-refractivity contribution in [2.75, 3.05) is 32.8 Å². The van der Waals surface area contributed by atoms with Crippen LogP contribution in [0.2, 0.25) is 0 Å². The minimum Gasteiger partial charge on any atom is -0.378 e. The number of piperidine rings is 1. The lowest BCUT2D eigenvalue weighted by atomic mass is 10.1. The first-order valence-corrected chi connectivity index (χ1v) is 9.93. The van der Waals surface area contributed by atoms with E-state index in [0.29, 0.717) is 6.10 Å². The molecule has 0 spiro atoms. The number of H-pyrrole nitrogens is 1. The van der Waals surface area contributed by atoms with Crippen LogP contribution in [0.5, 0.6) is 0 Å². The van der Waals surface area contributed by atoms with E-state index in [1.54, 1.807) is 0 Å². The minimum absolute atomic E-state index is 0. The van der Waals surface area contributed by atoms with Crippen molar-refractivity contribution in [2.45, 2.75) is 46.1 Å². The predicted octanol–water partition coefficient (Wildman–Crippen LogP) is 4.10. The number of rotatable bonds is 6. The number of aryl methyl sites for hydroxylation is 1. The van der Waals surface area contributed by atoms with E-state index in [-0.39, 0.29) is 24.0 Å². The van der Waals surface area contributed by atoms with E-state index < -0.39 is 0 Å². The van der Waals surface area contributed by atoms with Crippen LogP contribution in [0, 0.1) is 6.92 Å². The molecule has 6 heteroatoms. The molecule has 0 atom stereocenters. The summed E-state index contributed by atoms with van der Waals surface area (Å²) in [4.78, 5) is 10.7. The Morgan fingerprint density at radius 2 is 2.07 bits per heavy atom. The van der Waals surface area contributed by atoms with E-state index in [1.807, 2.05) is 0 Å². The van der Waals surface area contributed by atoms with Crippen molar-refractivity contribution >= 4 is 40.8 Å². The Morgan fingerprint density at radius 1 is 1.30 bits per heavy atom. The highest BCUT2D eigenvalue weighted by atomic mass is 127. The van der Waals surface area contributed by atoms with E-state index in [0.717, 1.165) is 58.0 Å². The molecule has 0 saturated carbocycles. The van der Waals surface area contributed by atoms with E-state index in [2.05, 4.69) is 60.4 Å². The van der Waals surface area contributed by atoms with Gasteiger partial charge in [-0.05, 0) is 57.2 Å². The summed E-state index contributed by atoms with van der Waals surface area (Å²) in [5, 5.41) is 4.81. The van der Waals surface area contributed by atoms with Crippen molar-refractivity contribution in [3.8, 4) is 0 Å². The van der Waals surface area contributed by atoms with Gasteiger partial charge in [0.2, 0.25) is 0 Å². The van der Waals surface area contributed by atoms with Gasteiger partial charge in [0.25, 0.3) is 0 Å². The number of aliphatic imine (C=N–C) groups is 1. The van der Waals surface area contributed by atoms with Gasteiger partial charge in [0.1, 0.15) is 0 Å². The lowest BCUT2D eigenvalue weighted by Gasteiger charge is -2.34. The lowest BCUT2D eigenvalue weighted by molar-refractivity contribution is 0.0264. The van der Waals surface area contributed by atoms with E-state index in [9.17, 15) is 0 Å². The van der Waals surface area contributed by atoms with Crippen LogP contribution in [-0.2, 0) is 11.2 Å². The van der Waals surface area contributed by atoms with Gasteiger partial charge in [0, 0.05) is 49.9 Å². The number of likely N-dealkylation sites (tertiary alicyclic amines) is 1. The van der Waals surface area contributed by atoms with Crippen LogP contribution in [0.4, 0.5) is 0 Å². The number of guanidine groups is 1. The molecule has 0 amide bonds. The quantitative estimate of drug-likeness (QED) is 0.369. The third kappa shape index (κ3) is 5.60. The molecule has 0 bridgehead atoms. The molecule has 150 valence electrons. The highest BCUT2D eigenvalue weighted by Gasteiger charge is 2.21. The molecule has 3 rings (SSSR count). The van der Waals surface area contributed by atoms with Gasteiger partial charge >= 0.3 is 0 Å². The molecule has 2 aromatic rings. The van der Waals surface area contributed by atoms with Crippen LogP contribution in [0.15, 0.2) is 29.4 Å². The van der Waals surface area contributed by atoms with Gasteiger partial charge in [-0.1, -0.05) is 12.1 Å². The number of nitrogens with zero attached hydrogens (tertiary/aromatic N) is 2. The largest absolute Gasteiger partial charge is 0.378 e. The standard InChI is InChI=1S/C21H32N4O.HI/c1-4-22-21(25-13-10-18(11-14-25)26-5-2)23-12-9-17-15-24-19-8-6-7-16(3)20(17)19;/h6-8,15,18,24H,4-5,9-14H2,1-3H3,(H,22,23);1H. The summed E-state index contributed by atoms with van der Waals surface area (Å²) in [6, 6.07) is 6.42. The fourth-order valence-corrected chi connectivity index (χ4v) is 3.83. The van der Waals surface area contributed by atoms with Crippen molar-refractivity contribution in [3.63, 3.8) is 0 Å². The Labute approximate surface area is 180 Å². The zero-order valence-electron chi connectivity index (χ0n) is 16.8. The van der Waals surface area contributed by atoms with Crippen molar-refractivity contribution in [2.24, 2.45) is 4.99 Å². The maximum absolute atomic E-state index is 5.76.